The van der Waals surface area contributed by atoms with Crippen molar-refractivity contribution in [3.8, 4) is 10.6 Å². The number of amides is 1. The van der Waals surface area contributed by atoms with Crippen molar-refractivity contribution in [1.29, 1.82) is 0 Å². The lowest BCUT2D eigenvalue weighted by Gasteiger charge is -2.29. The second-order valence-electron chi connectivity index (χ2n) is 5.85. The van der Waals surface area contributed by atoms with Crippen molar-refractivity contribution < 1.29 is 19.1 Å². The number of hydrogen-bond donors (Lipinski definition) is 1. The number of likely N-dealkylation sites (tertiary alicyclic amines) is 1. The Morgan fingerprint density at radius 3 is 2.67 bits per heavy atom. The molecule has 0 spiro atoms. The molecule has 1 aromatic carbocycles. The normalized spacial score (nSPS) is 15.5. The fourth-order valence-electron chi connectivity index (χ4n) is 2.81. The first-order chi connectivity index (χ1) is 11.5. The molecule has 1 N–H and O–H groups in total. The van der Waals surface area contributed by atoms with E-state index in [1.54, 1.807) is 24.0 Å². The van der Waals surface area contributed by atoms with Gasteiger partial charge in [0.15, 0.2) is 0 Å². The van der Waals surface area contributed by atoms with Crippen LogP contribution < -0.4 is 0 Å². The summed E-state index contributed by atoms with van der Waals surface area (Å²) in [6.07, 6.45) is 0.936. The van der Waals surface area contributed by atoms with Gasteiger partial charge in [0.25, 0.3) is 5.91 Å². The first kappa shape index (κ1) is 16.6. The summed E-state index contributed by atoms with van der Waals surface area (Å²) in [6, 6.07) is 6.13. The van der Waals surface area contributed by atoms with Crippen LogP contribution in [0.25, 0.3) is 10.6 Å². The number of thiazole rings is 1. The standard InChI is InChI=1S/C17H17FN2O3S/c1-10-14(16(21)20-7-5-11(6-8-20)17(22)23)24-15(19-10)12-3-2-4-13(18)9-12/h2-4,9,11H,5-8H2,1H3,(H,22,23). The van der Waals surface area contributed by atoms with E-state index in [1.807, 2.05) is 0 Å². The number of carbonyl (C=O) groups is 2. The van der Waals surface area contributed by atoms with Gasteiger partial charge in [-0.3, -0.25) is 9.59 Å². The highest BCUT2D eigenvalue weighted by atomic mass is 32.1. The number of rotatable bonds is 3. The second-order valence-corrected chi connectivity index (χ2v) is 6.85. The number of benzene rings is 1. The maximum atomic E-state index is 13.4. The van der Waals surface area contributed by atoms with Crippen LogP contribution in [-0.2, 0) is 4.79 Å². The molecule has 0 aliphatic carbocycles. The zero-order valence-electron chi connectivity index (χ0n) is 13.2. The summed E-state index contributed by atoms with van der Waals surface area (Å²) in [5.41, 5.74) is 1.26. The van der Waals surface area contributed by atoms with Crippen LogP contribution >= 0.6 is 11.3 Å². The van der Waals surface area contributed by atoms with Gasteiger partial charge in [0, 0.05) is 18.7 Å². The van der Waals surface area contributed by atoms with Crippen LogP contribution in [0.5, 0.6) is 0 Å². The quantitative estimate of drug-likeness (QED) is 0.925. The predicted molar refractivity (Wildman–Crippen MR) is 88.5 cm³/mol. The third-order valence-corrected chi connectivity index (χ3v) is 5.39. The van der Waals surface area contributed by atoms with Crippen molar-refractivity contribution in [2.45, 2.75) is 19.8 Å². The first-order valence-corrected chi connectivity index (χ1v) is 8.53. The number of aromatic nitrogens is 1. The number of carboxylic acids is 1. The van der Waals surface area contributed by atoms with Gasteiger partial charge in [-0.1, -0.05) is 12.1 Å². The average molecular weight is 348 g/mol. The maximum absolute atomic E-state index is 13.4. The molecule has 0 unspecified atom stereocenters. The average Bonchev–Trinajstić information content (AvgIpc) is 2.96. The van der Waals surface area contributed by atoms with E-state index >= 15 is 0 Å². The minimum Gasteiger partial charge on any atom is -0.481 e. The third kappa shape index (κ3) is 3.31. The molecule has 3 rings (SSSR count). The number of carbonyl (C=O) groups excluding carboxylic acids is 1. The Bertz CT molecular complexity index is 782. The maximum Gasteiger partial charge on any atom is 0.306 e. The van der Waals surface area contributed by atoms with Crippen molar-refractivity contribution in [1.82, 2.24) is 9.88 Å². The number of piperidine rings is 1. The lowest BCUT2D eigenvalue weighted by Crippen LogP contribution is -2.40. The van der Waals surface area contributed by atoms with E-state index in [0.717, 1.165) is 0 Å². The zero-order chi connectivity index (χ0) is 17.3. The molecular formula is C17H17FN2O3S. The molecule has 0 saturated carbocycles. The molecule has 1 aromatic heterocycles. The summed E-state index contributed by atoms with van der Waals surface area (Å²) >= 11 is 1.24. The molecular weight excluding hydrogens is 331 g/mol. The molecule has 126 valence electrons. The number of hydrogen-bond acceptors (Lipinski definition) is 4. The molecule has 2 aromatic rings. The van der Waals surface area contributed by atoms with Crippen LogP contribution in [0.2, 0.25) is 0 Å². The van der Waals surface area contributed by atoms with Crippen LogP contribution in [0.3, 0.4) is 0 Å². The van der Waals surface area contributed by atoms with E-state index in [9.17, 15) is 14.0 Å². The molecule has 0 atom stereocenters. The van der Waals surface area contributed by atoms with Gasteiger partial charge in [-0.05, 0) is 31.9 Å². The third-order valence-electron chi connectivity index (χ3n) is 4.19. The number of aliphatic carboxylic acids is 1. The summed E-state index contributed by atoms with van der Waals surface area (Å²) in [5.74, 6) is -1.65. The highest BCUT2D eigenvalue weighted by Crippen LogP contribution is 2.30. The monoisotopic (exact) mass is 348 g/mol. The summed E-state index contributed by atoms with van der Waals surface area (Å²) < 4.78 is 13.4. The summed E-state index contributed by atoms with van der Waals surface area (Å²) in [4.78, 5) is 30.3. The Morgan fingerprint density at radius 1 is 1.33 bits per heavy atom. The Morgan fingerprint density at radius 2 is 2.04 bits per heavy atom. The Hall–Kier alpha value is -2.28. The first-order valence-electron chi connectivity index (χ1n) is 7.71. The second kappa shape index (κ2) is 6.68. The van der Waals surface area contributed by atoms with Crippen molar-refractivity contribution in [2.24, 2.45) is 5.92 Å². The van der Waals surface area contributed by atoms with E-state index < -0.39 is 5.97 Å². The van der Waals surface area contributed by atoms with Crippen LogP contribution in [0.4, 0.5) is 4.39 Å². The molecule has 1 aliphatic heterocycles. The number of carboxylic acid groups (broad SMARTS) is 1. The minimum atomic E-state index is -0.801. The van der Waals surface area contributed by atoms with Gasteiger partial charge in [0.05, 0.1) is 11.6 Å². The SMILES string of the molecule is Cc1nc(-c2cccc(F)c2)sc1C(=O)N1CCC(C(=O)O)CC1. The summed E-state index contributed by atoms with van der Waals surface area (Å²) in [6.45, 7) is 2.63. The van der Waals surface area contributed by atoms with E-state index in [1.165, 1.54) is 23.5 Å². The topological polar surface area (TPSA) is 70.5 Å². The predicted octanol–water partition coefficient (Wildman–Crippen LogP) is 3.19. The Balaban J connectivity index is 1.78. The van der Waals surface area contributed by atoms with Gasteiger partial charge in [0.1, 0.15) is 15.7 Å². The number of nitrogens with zero attached hydrogens (tertiary/aromatic N) is 2. The van der Waals surface area contributed by atoms with E-state index in [4.69, 9.17) is 5.11 Å². The van der Waals surface area contributed by atoms with Crippen molar-refractivity contribution >= 4 is 23.2 Å². The van der Waals surface area contributed by atoms with Crippen LogP contribution in [0.15, 0.2) is 24.3 Å². The summed E-state index contributed by atoms with van der Waals surface area (Å²) in [7, 11) is 0. The number of halogens is 1. The van der Waals surface area contributed by atoms with E-state index in [0.29, 0.717) is 47.1 Å². The fraction of sp³-hybridized carbons (Fsp3) is 0.353. The lowest BCUT2D eigenvalue weighted by atomic mass is 9.97. The number of aryl methyl sites for hydroxylation is 1. The van der Waals surface area contributed by atoms with Gasteiger partial charge in [0.2, 0.25) is 0 Å². The molecule has 1 saturated heterocycles. The molecule has 5 nitrogen and oxygen atoms in total. The van der Waals surface area contributed by atoms with Gasteiger partial charge >= 0.3 is 5.97 Å². The molecule has 7 heteroatoms. The molecule has 1 aliphatic rings. The van der Waals surface area contributed by atoms with Crippen molar-refractivity contribution in [3.05, 3.63) is 40.7 Å². The largest absolute Gasteiger partial charge is 0.481 e. The van der Waals surface area contributed by atoms with Crippen molar-refractivity contribution in [3.63, 3.8) is 0 Å². The van der Waals surface area contributed by atoms with Crippen LogP contribution in [0, 0.1) is 18.7 Å². The lowest BCUT2D eigenvalue weighted by molar-refractivity contribution is -0.143. The Kier molecular flexibility index (Phi) is 4.62. The van der Waals surface area contributed by atoms with Gasteiger partial charge in [-0.25, -0.2) is 9.37 Å². The zero-order valence-corrected chi connectivity index (χ0v) is 14.0. The van der Waals surface area contributed by atoms with Gasteiger partial charge in [-0.2, -0.15) is 0 Å². The van der Waals surface area contributed by atoms with Gasteiger partial charge < -0.3 is 10.0 Å². The van der Waals surface area contributed by atoms with E-state index in [2.05, 4.69) is 4.98 Å². The van der Waals surface area contributed by atoms with Crippen molar-refractivity contribution in [2.75, 3.05) is 13.1 Å². The molecule has 1 amide bonds. The highest BCUT2D eigenvalue weighted by molar-refractivity contribution is 7.17. The molecule has 0 bridgehead atoms. The van der Waals surface area contributed by atoms with E-state index in [-0.39, 0.29) is 17.6 Å². The van der Waals surface area contributed by atoms with Crippen LogP contribution in [-0.4, -0.2) is 40.0 Å². The minimum absolute atomic E-state index is 0.128. The highest BCUT2D eigenvalue weighted by Gasteiger charge is 2.29. The molecule has 0 radical (unpaired) electrons. The fourth-order valence-corrected chi connectivity index (χ4v) is 3.84. The molecule has 2 heterocycles. The smallest absolute Gasteiger partial charge is 0.306 e. The van der Waals surface area contributed by atoms with Gasteiger partial charge in [-0.15, -0.1) is 11.3 Å². The summed E-state index contributed by atoms with van der Waals surface area (Å²) in [5, 5.41) is 9.64. The molecule has 24 heavy (non-hydrogen) atoms. The van der Waals surface area contributed by atoms with Crippen LogP contribution in [0.1, 0.15) is 28.2 Å². The Labute approximate surface area is 142 Å². The molecule has 1 fully saturated rings.